The molecule has 134 valence electrons. The van der Waals surface area contributed by atoms with E-state index in [0.717, 1.165) is 15.6 Å². The Balaban J connectivity index is 1.73. The van der Waals surface area contributed by atoms with Gasteiger partial charge >= 0.3 is 0 Å². The molecule has 0 unspecified atom stereocenters. The minimum Gasteiger partial charge on any atom is -0.472 e. The van der Waals surface area contributed by atoms with E-state index in [1.54, 1.807) is 12.3 Å². The number of aliphatic imine (C=N–C) groups is 1. The number of fused-ring (bicyclic) bond motifs is 1. The van der Waals surface area contributed by atoms with E-state index in [2.05, 4.69) is 20.9 Å². The first-order chi connectivity index (χ1) is 13.2. The molecule has 0 bridgehead atoms. The standard InChI is InChI=1S/C22H15BrFNO2/c23-17-8-4-7-16(11-17)20-14-26-21-10-9-18(24)12-19(21)22(25-20)27-13-15-5-2-1-3-6-15/h1-12,14H,13H2. The van der Waals surface area contributed by atoms with Crippen LogP contribution in [0.5, 0.6) is 5.75 Å². The third-order valence-corrected chi connectivity index (χ3v) is 4.52. The Labute approximate surface area is 164 Å². The van der Waals surface area contributed by atoms with E-state index in [0.29, 0.717) is 29.5 Å². The molecule has 0 spiro atoms. The molecule has 5 heteroatoms. The molecule has 0 fully saturated rings. The second kappa shape index (κ2) is 7.76. The predicted octanol–water partition coefficient (Wildman–Crippen LogP) is 5.94. The van der Waals surface area contributed by atoms with Gasteiger partial charge in [0.2, 0.25) is 5.90 Å². The molecule has 0 radical (unpaired) electrons. The lowest BCUT2D eigenvalue weighted by atomic mass is 10.1. The number of hydrogen-bond acceptors (Lipinski definition) is 3. The van der Waals surface area contributed by atoms with Gasteiger partial charge in [0.15, 0.2) is 0 Å². The normalized spacial score (nSPS) is 13.0. The van der Waals surface area contributed by atoms with Crippen LogP contribution in [0.25, 0.3) is 5.70 Å². The molecule has 0 N–H and O–H groups in total. The average Bonchev–Trinajstić information content (AvgIpc) is 2.86. The lowest BCUT2D eigenvalue weighted by molar-refractivity contribution is 0.293. The molecule has 0 aromatic heterocycles. The van der Waals surface area contributed by atoms with Crippen LogP contribution >= 0.6 is 15.9 Å². The summed E-state index contributed by atoms with van der Waals surface area (Å²) < 4.78 is 26.5. The van der Waals surface area contributed by atoms with Crippen molar-refractivity contribution in [3.05, 3.63) is 106 Å². The minimum absolute atomic E-state index is 0.317. The molecule has 3 aromatic rings. The molecule has 0 saturated heterocycles. The Bertz CT molecular complexity index is 1030. The van der Waals surface area contributed by atoms with Crippen LogP contribution in [0.4, 0.5) is 4.39 Å². The van der Waals surface area contributed by atoms with E-state index in [1.807, 2.05) is 54.6 Å². The topological polar surface area (TPSA) is 30.8 Å². The fourth-order valence-corrected chi connectivity index (χ4v) is 3.10. The largest absolute Gasteiger partial charge is 0.472 e. The quantitative estimate of drug-likeness (QED) is 0.521. The maximum Gasteiger partial charge on any atom is 0.225 e. The van der Waals surface area contributed by atoms with Crippen LogP contribution in [0.3, 0.4) is 0 Å². The molecule has 0 atom stereocenters. The zero-order valence-electron chi connectivity index (χ0n) is 14.2. The zero-order chi connectivity index (χ0) is 18.6. The number of rotatable bonds is 3. The van der Waals surface area contributed by atoms with Crippen LogP contribution in [0.2, 0.25) is 0 Å². The molecular formula is C22H15BrFNO2. The second-order valence-corrected chi connectivity index (χ2v) is 6.88. The van der Waals surface area contributed by atoms with E-state index in [9.17, 15) is 4.39 Å². The molecule has 0 amide bonds. The fourth-order valence-electron chi connectivity index (χ4n) is 2.70. The molecule has 1 aliphatic rings. The van der Waals surface area contributed by atoms with Crippen molar-refractivity contribution in [1.82, 2.24) is 0 Å². The van der Waals surface area contributed by atoms with Gasteiger partial charge in [-0.2, -0.15) is 0 Å². The van der Waals surface area contributed by atoms with Gasteiger partial charge in [0, 0.05) is 10.0 Å². The number of halogens is 2. The van der Waals surface area contributed by atoms with E-state index < -0.39 is 0 Å². The summed E-state index contributed by atoms with van der Waals surface area (Å²) in [5.74, 6) is 0.435. The lowest BCUT2D eigenvalue weighted by Gasteiger charge is -2.11. The highest BCUT2D eigenvalue weighted by molar-refractivity contribution is 9.10. The van der Waals surface area contributed by atoms with Crippen LogP contribution in [-0.2, 0) is 11.3 Å². The summed E-state index contributed by atoms with van der Waals surface area (Å²) in [5.41, 5.74) is 2.93. The van der Waals surface area contributed by atoms with Crippen molar-refractivity contribution >= 4 is 27.5 Å². The van der Waals surface area contributed by atoms with E-state index in [4.69, 9.17) is 9.47 Å². The molecule has 27 heavy (non-hydrogen) atoms. The molecule has 3 aromatic carbocycles. The average molecular weight is 424 g/mol. The van der Waals surface area contributed by atoms with Gasteiger partial charge < -0.3 is 9.47 Å². The van der Waals surface area contributed by atoms with Crippen molar-refractivity contribution in [2.45, 2.75) is 6.61 Å². The summed E-state index contributed by atoms with van der Waals surface area (Å²) in [7, 11) is 0. The Morgan fingerprint density at radius 3 is 2.63 bits per heavy atom. The van der Waals surface area contributed by atoms with E-state index in [-0.39, 0.29) is 5.82 Å². The Kier molecular flexibility index (Phi) is 5.03. The first-order valence-corrected chi connectivity index (χ1v) is 9.16. The molecule has 3 nitrogen and oxygen atoms in total. The second-order valence-electron chi connectivity index (χ2n) is 5.96. The minimum atomic E-state index is -0.376. The van der Waals surface area contributed by atoms with Gasteiger partial charge in [0.25, 0.3) is 0 Å². The maximum atomic E-state index is 13.8. The summed E-state index contributed by atoms with van der Waals surface area (Å²) in [6, 6.07) is 21.8. The molecule has 0 saturated carbocycles. The zero-order valence-corrected chi connectivity index (χ0v) is 15.8. The first-order valence-electron chi connectivity index (χ1n) is 8.37. The third kappa shape index (κ3) is 4.09. The highest BCUT2D eigenvalue weighted by Crippen LogP contribution is 2.29. The van der Waals surface area contributed by atoms with Gasteiger partial charge in [0.05, 0.1) is 5.56 Å². The molecule has 4 rings (SSSR count). The van der Waals surface area contributed by atoms with Crippen molar-refractivity contribution in [2.24, 2.45) is 4.99 Å². The SMILES string of the molecule is Fc1ccc2c(c1)C(OCc1ccccc1)=NC(c1cccc(Br)c1)=CO2. The summed E-state index contributed by atoms with van der Waals surface area (Å²) >= 11 is 3.47. The smallest absolute Gasteiger partial charge is 0.225 e. The van der Waals surface area contributed by atoms with Crippen molar-refractivity contribution in [2.75, 3.05) is 0 Å². The third-order valence-electron chi connectivity index (χ3n) is 4.03. The van der Waals surface area contributed by atoms with Gasteiger partial charge in [-0.1, -0.05) is 58.4 Å². The summed E-state index contributed by atoms with van der Waals surface area (Å²) in [6.45, 7) is 0.321. The van der Waals surface area contributed by atoms with E-state index in [1.165, 1.54) is 12.1 Å². The molecule has 1 aliphatic heterocycles. The lowest BCUT2D eigenvalue weighted by Crippen LogP contribution is -2.08. The van der Waals surface area contributed by atoms with Gasteiger partial charge in [-0.15, -0.1) is 0 Å². The predicted molar refractivity (Wildman–Crippen MR) is 107 cm³/mol. The highest BCUT2D eigenvalue weighted by Gasteiger charge is 2.19. The van der Waals surface area contributed by atoms with Crippen molar-refractivity contribution in [3.63, 3.8) is 0 Å². The van der Waals surface area contributed by atoms with Gasteiger partial charge in [-0.05, 0) is 35.9 Å². The first kappa shape index (κ1) is 17.5. The van der Waals surface area contributed by atoms with Crippen molar-refractivity contribution in [3.8, 4) is 5.75 Å². The molecule has 0 aliphatic carbocycles. The monoisotopic (exact) mass is 423 g/mol. The fraction of sp³-hybridized carbons (Fsp3) is 0.0455. The highest BCUT2D eigenvalue weighted by atomic mass is 79.9. The number of ether oxygens (including phenoxy) is 2. The van der Waals surface area contributed by atoms with Crippen LogP contribution in [0.15, 0.2) is 88.5 Å². The molecular weight excluding hydrogens is 409 g/mol. The Morgan fingerprint density at radius 2 is 1.81 bits per heavy atom. The van der Waals surface area contributed by atoms with Crippen molar-refractivity contribution < 1.29 is 13.9 Å². The Hall–Kier alpha value is -2.92. The number of benzene rings is 3. The van der Waals surface area contributed by atoms with Crippen LogP contribution < -0.4 is 4.74 Å². The number of nitrogens with zero attached hydrogens (tertiary/aromatic N) is 1. The molecule has 1 heterocycles. The Morgan fingerprint density at radius 1 is 0.963 bits per heavy atom. The summed E-state index contributed by atoms with van der Waals surface area (Å²) in [4.78, 5) is 4.63. The van der Waals surface area contributed by atoms with Crippen LogP contribution in [0, 0.1) is 5.82 Å². The van der Waals surface area contributed by atoms with Crippen molar-refractivity contribution in [1.29, 1.82) is 0 Å². The number of hydrogen-bond donors (Lipinski definition) is 0. The van der Waals surface area contributed by atoms with Gasteiger partial charge in [-0.25, -0.2) is 9.38 Å². The van der Waals surface area contributed by atoms with Crippen LogP contribution in [0.1, 0.15) is 16.7 Å². The maximum absolute atomic E-state index is 13.8. The summed E-state index contributed by atoms with van der Waals surface area (Å²) in [5, 5.41) is 0. The van der Waals surface area contributed by atoms with E-state index >= 15 is 0 Å². The van der Waals surface area contributed by atoms with Gasteiger partial charge in [0.1, 0.15) is 30.1 Å². The van der Waals surface area contributed by atoms with Gasteiger partial charge in [-0.3, -0.25) is 0 Å². The van der Waals surface area contributed by atoms with Crippen LogP contribution in [-0.4, -0.2) is 5.90 Å². The summed E-state index contributed by atoms with van der Waals surface area (Å²) in [6.07, 6.45) is 1.55.